The Labute approximate surface area is 127 Å². The van der Waals surface area contributed by atoms with Gasteiger partial charge in [-0.2, -0.15) is 0 Å². The first-order valence-electron chi connectivity index (χ1n) is 6.57. The van der Waals surface area contributed by atoms with Crippen molar-refractivity contribution in [2.45, 2.75) is 20.3 Å². The van der Waals surface area contributed by atoms with Crippen LogP contribution in [0.15, 0.2) is 18.2 Å². The maximum Gasteiger partial charge on any atom is 0.257 e. The maximum absolute atomic E-state index is 12.2. The molecule has 0 bridgehead atoms. The van der Waals surface area contributed by atoms with E-state index in [-0.39, 0.29) is 5.91 Å². The summed E-state index contributed by atoms with van der Waals surface area (Å²) in [5.74, 6) is 5.54. The second-order valence-electron chi connectivity index (χ2n) is 4.34. The fourth-order valence-corrected chi connectivity index (χ4v) is 2.34. The summed E-state index contributed by atoms with van der Waals surface area (Å²) >= 11 is 1.38. The molecular weight excluding hydrogens is 284 g/mol. The van der Waals surface area contributed by atoms with Crippen LogP contribution < -0.4 is 11.1 Å². The average Bonchev–Trinajstić information content (AvgIpc) is 2.94. The van der Waals surface area contributed by atoms with E-state index in [2.05, 4.69) is 27.4 Å². The molecule has 0 spiro atoms. The molecule has 5 nitrogen and oxygen atoms in total. The van der Waals surface area contributed by atoms with Gasteiger partial charge in [0.1, 0.15) is 5.01 Å². The minimum absolute atomic E-state index is 0.218. The number of anilines is 1. The lowest BCUT2D eigenvalue weighted by molar-refractivity contribution is 0.102. The highest BCUT2D eigenvalue weighted by Gasteiger charge is 2.10. The number of carbonyl (C=O) groups excluding carboxylic acids is 1. The normalized spacial score (nSPS) is 9.86. The van der Waals surface area contributed by atoms with Crippen molar-refractivity contribution in [3.8, 4) is 11.8 Å². The third kappa shape index (κ3) is 3.88. The zero-order chi connectivity index (χ0) is 15.2. The Bertz CT molecular complexity index is 712. The summed E-state index contributed by atoms with van der Waals surface area (Å²) in [7, 11) is 0. The molecule has 1 aromatic carbocycles. The Morgan fingerprint density at radius 2 is 2.24 bits per heavy atom. The molecule has 0 aliphatic heterocycles. The van der Waals surface area contributed by atoms with Gasteiger partial charge in [0.15, 0.2) is 0 Å². The van der Waals surface area contributed by atoms with Crippen LogP contribution in [0.5, 0.6) is 0 Å². The van der Waals surface area contributed by atoms with E-state index in [1.807, 2.05) is 19.9 Å². The molecule has 2 rings (SSSR count). The highest BCUT2D eigenvalue weighted by atomic mass is 32.1. The van der Waals surface area contributed by atoms with Gasteiger partial charge >= 0.3 is 0 Å². The van der Waals surface area contributed by atoms with Crippen molar-refractivity contribution in [1.82, 2.24) is 10.2 Å². The number of hydrogen-bond donors (Lipinski definition) is 2. The van der Waals surface area contributed by atoms with Crippen LogP contribution in [-0.2, 0) is 6.42 Å². The van der Waals surface area contributed by atoms with Gasteiger partial charge in [-0.25, -0.2) is 0 Å². The Balaban J connectivity index is 2.19. The van der Waals surface area contributed by atoms with Gasteiger partial charge in [-0.05, 0) is 31.0 Å². The Hall–Kier alpha value is -2.23. The quantitative estimate of drug-likeness (QED) is 0.849. The molecular formula is C15H16N4OS. The van der Waals surface area contributed by atoms with Gasteiger partial charge in [0.05, 0.1) is 6.54 Å². The minimum Gasteiger partial charge on any atom is -0.320 e. The second-order valence-corrected chi connectivity index (χ2v) is 5.41. The highest BCUT2D eigenvalue weighted by molar-refractivity contribution is 7.15. The molecule has 0 atom stereocenters. The van der Waals surface area contributed by atoms with Crippen LogP contribution in [0.4, 0.5) is 5.13 Å². The predicted octanol–water partition coefficient (Wildman–Crippen LogP) is 1.97. The molecule has 0 aliphatic rings. The van der Waals surface area contributed by atoms with Gasteiger partial charge in [-0.15, -0.1) is 10.2 Å². The van der Waals surface area contributed by atoms with E-state index in [1.54, 1.807) is 12.1 Å². The molecule has 0 radical (unpaired) electrons. The molecule has 2 aromatic rings. The fourth-order valence-electron chi connectivity index (χ4n) is 1.66. The van der Waals surface area contributed by atoms with Gasteiger partial charge in [-0.1, -0.05) is 36.2 Å². The molecule has 108 valence electrons. The largest absolute Gasteiger partial charge is 0.320 e. The summed E-state index contributed by atoms with van der Waals surface area (Å²) in [6.45, 7) is 4.23. The van der Waals surface area contributed by atoms with Crippen molar-refractivity contribution in [3.63, 3.8) is 0 Å². The van der Waals surface area contributed by atoms with Gasteiger partial charge < -0.3 is 5.73 Å². The summed E-state index contributed by atoms with van der Waals surface area (Å²) in [6, 6.07) is 5.39. The zero-order valence-corrected chi connectivity index (χ0v) is 12.8. The first-order chi connectivity index (χ1) is 10.1. The van der Waals surface area contributed by atoms with Crippen molar-refractivity contribution in [2.24, 2.45) is 5.73 Å². The lowest BCUT2D eigenvalue weighted by Gasteiger charge is -2.04. The minimum atomic E-state index is -0.218. The molecule has 0 unspecified atom stereocenters. The van der Waals surface area contributed by atoms with Gasteiger partial charge in [0, 0.05) is 11.1 Å². The SMILES string of the molecule is CCc1nnc(NC(=O)c2ccc(C)c(C#CCN)c2)s1. The summed E-state index contributed by atoms with van der Waals surface area (Å²) in [5.41, 5.74) is 7.73. The maximum atomic E-state index is 12.2. The zero-order valence-electron chi connectivity index (χ0n) is 11.9. The molecule has 0 aliphatic carbocycles. The Morgan fingerprint density at radius 3 is 2.90 bits per heavy atom. The number of amides is 1. The summed E-state index contributed by atoms with van der Waals surface area (Å²) in [5, 5.41) is 12.1. The van der Waals surface area contributed by atoms with Crippen LogP contribution in [0.3, 0.4) is 0 Å². The van der Waals surface area contributed by atoms with Gasteiger partial charge in [0.2, 0.25) is 5.13 Å². The molecule has 1 aromatic heterocycles. The van der Waals surface area contributed by atoms with Crippen LogP contribution in [0, 0.1) is 18.8 Å². The van der Waals surface area contributed by atoms with E-state index in [0.717, 1.165) is 22.6 Å². The van der Waals surface area contributed by atoms with Crippen molar-refractivity contribution in [2.75, 3.05) is 11.9 Å². The van der Waals surface area contributed by atoms with E-state index in [9.17, 15) is 4.79 Å². The number of nitrogens with two attached hydrogens (primary N) is 1. The lowest BCUT2D eigenvalue weighted by Crippen LogP contribution is -2.12. The first kappa shape index (κ1) is 15.2. The number of nitrogens with one attached hydrogen (secondary N) is 1. The molecule has 21 heavy (non-hydrogen) atoms. The molecule has 3 N–H and O–H groups in total. The van der Waals surface area contributed by atoms with Crippen molar-refractivity contribution < 1.29 is 4.79 Å². The van der Waals surface area contributed by atoms with Crippen LogP contribution in [-0.4, -0.2) is 22.6 Å². The van der Waals surface area contributed by atoms with Crippen LogP contribution in [0.1, 0.15) is 33.4 Å². The van der Waals surface area contributed by atoms with E-state index >= 15 is 0 Å². The number of carbonyl (C=O) groups is 1. The number of aromatic nitrogens is 2. The van der Waals surface area contributed by atoms with E-state index in [4.69, 9.17) is 5.73 Å². The standard InChI is InChI=1S/C15H16N4OS/c1-3-13-18-19-15(21-13)17-14(20)12-7-6-10(2)11(9-12)5-4-8-16/h6-7,9H,3,8,16H2,1-2H3,(H,17,19,20). The number of aryl methyl sites for hydroxylation is 2. The fraction of sp³-hybridized carbons (Fsp3) is 0.267. The van der Waals surface area contributed by atoms with Crippen LogP contribution in [0.25, 0.3) is 0 Å². The molecule has 1 heterocycles. The number of rotatable bonds is 3. The van der Waals surface area contributed by atoms with Crippen LogP contribution in [0.2, 0.25) is 0 Å². The smallest absolute Gasteiger partial charge is 0.257 e. The van der Waals surface area contributed by atoms with Gasteiger partial charge in [0.25, 0.3) is 5.91 Å². The number of nitrogens with zero attached hydrogens (tertiary/aromatic N) is 2. The molecule has 6 heteroatoms. The Kier molecular flexibility index (Phi) is 5.04. The number of benzene rings is 1. The van der Waals surface area contributed by atoms with Crippen LogP contribution >= 0.6 is 11.3 Å². The Morgan fingerprint density at radius 1 is 1.43 bits per heavy atom. The first-order valence-corrected chi connectivity index (χ1v) is 7.39. The number of hydrogen-bond acceptors (Lipinski definition) is 5. The molecule has 1 amide bonds. The topological polar surface area (TPSA) is 80.9 Å². The second kappa shape index (κ2) is 6.97. The highest BCUT2D eigenvalue weighted by Crippen LogP contribution is 2.17. The third-order valence-electron chi connectivity index (χ3n) is 2.81. The summed E-state index contributed by atoms with van der Waals surface area (Å²) in [4.78, 5) is 12.2. The van der Waals surface area contributed by atoms with E-state index in [1.165, 1.54) is 11.3 Å². The van der Waals surface area contributed by atoms with E-state index < -0.39 is 0 Å². The summed E-state index contributed by atoms with van der Waals surface area (Å²) < 4.78 is 0. The van der Waals surface area contributed by atoms with E-state index in [0.29, 0.717) is 17.2 Å². The third-order valence-corrected chi connectivity index (χ3v) is 3.80. The van der Waals surface area contributed by atoms with Crippen molar-refractivity contribution in [3.05, 3.63) is 39.9 Å². The molecule has 0 saturated heterocycles. The molecule has 0 saturated carbocycles. The lowest BCUT2D eigenvalue weighted by atomic mass is 10.0. The van der Waals surface area contributed by atoms with Crippen molar-refractivity contribution in [1.29, 1.82) is 0 Å². The monoisotopic (exact) mass is 300 g/mol. The predicted molar refractivity (Wildman–Crippen MR) is 84.4 cm³/mol. The molecule has 0 fully saturated rings. The van der Waals surface area contributed by atoms with Crippen molar-refractivity contribution >= 4 is 22.4 Å². The average molecular weight is 300 g/mol. The van der Waals surface area contributed by atoms with Gasteiger partial charge in [-0.3, -0.25) is 10.1 Å². The summed E-state index contributed by atoms with van der Waals surface area (Å²) in [6.07, 6.45) is 0.802.